The Hall–Kier alpha value is -5.30. The molecule has 6 N–H and O–H groups in total. The number of halogens is 4. The topological polar surface area (TPSA) is 208 Å². The zero-order valence-electron chi connectivity index (χ0n) is 35.8. The van der Waals surface area contributed by atoms with Gasteiger partial charge in [0.2, 0.25) is 17.7 Å². The maximum absolute atomic E-state index is 7.72. The van der Waals surface area contributed by atoms with Crippen LogP contribution in [-0.2, 0) is 14.4 Å². The van der Waals surface area contributed by atoms with E-state index in [1.165, 1.54) is 0 Å². The largest absolute Gasteiger partial charge is 0.479 e. The highest BCUT2D eigenvalue weighted by molar-refractivity contribution is 6.30. The summed E-state index contributed by atoms with van der Waals surface area (Å²) in [6.45, 7) is 6.11. The molecule has 2 atom stereocenters. The fourth-order valence-electron chi connectivity index (χ4n) is 6.86. The minimum atomic E-state index is -0.339. The minimum absolute atomic E-state index is 0. The summed E-state index contributed by atoms with van der Waals surface area (Å²) in [6, 6.07) is 22.3. The van der Waals surface area contributed by atoms with E-state index in [9.17, 15) is 0 Å². The molecule has 20 heteroatoms. The van der Waals surface area contributed by atoms with E-state index in [0.717, 1.165) is 59.6 Å². The van der Waals surface area contributed by atoms with Gasteiger partial charge in [0.25, 0.3) is 0 Å². The quantitative estimate of drug-likeness (QED) is 0.0549. The Labute approximate surface area is 393 Å². The first-order valence-corrected chi connectivity index (χ1v) is 20.7. The lowest BCUT2D eigenvalue weighted by molar-refractivity contribution is -0.0368. The van der Waals surface area contributed by atoms with Gasteiger partial charge in [-0.1, -0.05) is 47.5 Å². The van der Waals surface area contributed by atoms with Gasteiger partial charge >= 0.3 is 0 Å². The van der Waals surface area contributed by atoms with Crippen LogP contribution in [0, 0.1) is 19.3 Å². The summed E-state index contributed by atoms with van der Waals surface area (Å²) < 4.78 is 19.6. The van der Waals surface area contributed by atoms with Gasteiger partial charge in [0, 0.05) is 22.4 Å². The van der Waals surface area contributed by atoms with Crippen LogP contribution < -0.4 is 26.6 Å². The van der Waals surface area contributed by atoms with Crippen molar-refractivity contribution in [2.24, 2.45) is 16.6 Å². The summed E-state index contributed by atoms with van der Waals surface area (Å²) in [5, 5.41) is 9.13. The summed E-state index contributed by atoms with van der Waals surface area (Å²) in [5.74, 6) is 6.76. The number of hydroxylamine groups is 1. The van der Waals surface area contributed by atoms with Crippen molar-refractivity contribution in [1.82, 2.24) is 34.6 Å². The van der Waals surface area contributed by atoms with Crippen molar-refractivity contribution in [3.63, 3.8) is 0 Å². The zero-order valence-corrected chi connectivity index (χ0v) is 39.0. The number of hydrogen-bond acceptors (Lipinski definition) is 14. The molecular weight excluding hydrogens is 904 g/mol. The van der Waals surface area contributed by atoms with Crippen molar-refractivity contribution in [1.29, 1.82) is 5.41 Å². The molecule has 2 fully saturated rings. The van der Waals surface area contributed by atoms with E-state index >= 15 is 0 Å². The summed E-state index contributed by atoms with van der Waals surface area (Å²) in [7, 11) is 3.14. The van der Waals surface area contributed by atoms with E-state index in [-0.39, 0.29) is 54.0 Å². The predicted octanol–water partition coefficient (Wildman–Crippen LogP) is 8.35. The van der Waals surface area contributed by atoms with Gasteiger partial charge in [0.05, 0.1) is 50.9 Å². The van der Waals surface area contributed by atoms with Crippen LogP contribution in [-0.4, -0.2) is 72.8 Å². The van der Waals surface area contributed by atoms with Crippen molar-refractivity contribution < 1.29 is 23.9 Å². The molecule has 1 spiro atoms. The van der Waals surface area contributed by atoms with Crippen LogP contribution in [0.2, 0.25) is 10.0 Å². The number of aliphatic imine (C=N–C) groups is 1. The summed E-state index contributed by atoms with van der Waals surface area (Å²) >= 11 is 11.8. The smallest absolute Gasteiger partial charge is 0.238 e. The molecule has 0 amide bonds. The normalized spacial score (nSPS) is 16.4. The number of nitrogens with two attached hydrogens (primary N) is 2. The Morgan fingerprint density at radius 1 is 0.828 bits per heavy atom. The summed E-state index contributed by atoms with van der Waals surface area (Å²) in [5.41, 5.74) is 15.0. The molecule has 340 valence electrons. The van der Waals surface area contributed by atoms with Gasteiger partial charge in [0.1, 0.15) is 40.0 Å². The Balaban J connectivity index is 0.000000191. The van der Waals surface area contributed by atoms with Gasteiger partial charge in [-0.25, -0.2) is 31.3 Å². The first-order valence-electron chi connectivity index (χ1n) is 19.9. The Morgan fingerprint density at radius 2 is 1.38 bits per heavy atom. The molecule has 5 heterocycles. The number of rotatable bonds is 11. The second kappa shape index (κ2) is 21.6. The van der Waals surface area contributed by atoms with Crippen molar-refractivity contribution in [2.45, 2.75) is 69.7 Å². The van der Waals surface area contributed by atoms with Crippen LogP contribution in [0.1, 0.15) is 78.6 Å². The average Bonchev–Trinajstić information content (AvgIpc) is 4.18. The highest BCUT2D eigenvalue weighted by Crippen LogP contribution is 2.52. The highest BCUT2D eigenvalue weighted by Gasteiger charge is 2.55. The van der Waals surface area contributed by atoms with Crippen LogP contribution in [0.25, 0.3) is 11.4 Å². The number of hydrogen-bond donors (Lipinski definition) is 4. The number of amidine groups is 1. The summed E-state index contributed by atoms with van der Waals surface area (Å²) in [6.07, 6.45) is 11.0. The van der Waals surface area contributed by atoms with Crippen molar-refractivity contribution in [3.05, 3.63) is 142 Å². The van der Waals surface area contributed by atoms with Crippen LogP contribution in [0.5, 0.6) is 11.8 Å². The second-order valence-electron chi connectivity index (χ2n) is 15.0. The molecule has 1 aliphatic heterocycles. The Kier molecular flexibility index (Phi) is 16.8. The van der Waals surface area contributed by atoms with Gasteiger partial charge in [-0.15, -0.1) is 24.8 Å². The van der Waals surface area contributed by atoms with Gasteiger partial charge < -0.3 is 29.1 Å². The van der Waals surface area contributed by atoms with E-state index in [2.05, 4.69) is 25.4 Å². The molecule has 3 aliphatic rings. The fraction of sp³-hybridized carbons (Fsp3) is 0.318. The molecule has 64 heavy (non-hydrogen) atoms. The number of nitrogens with zero attached hydrogens (tertiary/aromatic N) is 7. The average molecular weight is 956 g/mol. The lowest BCUT2D eigenvalue weighted by atomic mass is 9.99. The Morgan fingerprint density at radius 3 is 1.86 bits per heavy atom. The van der Waals surface area contributed by atoms with Crippen LogP contribution >= 0.6 is 48.0 Å². The lowest BCUT2D eigenvalue weighted by Crippen LogP contribution is -2.41. The number of aromatic nitrogens is 6. The van der Waals surface area contributed by atoms with Gasteiger partial charge in [-0.05, 0) is 106 Å². The van der Waals surface area contributed by atoms with Crippen molar-refractivity contribution >= 4 is 59.7 Å². The molecule has 2 aromatic carbocycles. The number of benzene rings is 2. The molecule has 0 bridgehead atoms. The van der Waals surface area contributed by atoms with Crippen LogP contribution in [0.3, 0.4) is 0 Å². The molecule has 9 rings (SSSR count). The first-order chi connectivity index (χ1) is 29.9. The number of nitrogens with one attached hydrogen (secondary N) is 2. The van der Waals surface area contributed by atoms with Crippen molar-refractivity contribution in [3.8, 4) is 23.1 Å². The van der Waals surface area contributed by atoms with E-state index in [1.807, 2.05) is 109 Å². The SMILES string of the molecule is CCOC(=N)c1ccc(-n2cnc(C)c2)c(OC)n1.COc1nc(C2=NC(c3ccc(Cl)cc3)C3(CC3)ON2)ccc1-n1cnc(C)c1.Cl.Cl.NOC1(C(N)c2ccc(Cl)cc2)CC1. The standard InChI is InChI=1S/C21H20ClN5O2.C13H16N4O2.C10H13ClN2O.2ClH/c1-13-11-27(12-23-13)17-8-7-16(24-20(17)28-2)19-25-18(21(9-10-21)29-26-19)14-3-5-15(22)6-4-14;1-4-19-12(14)10-5-6-11(13(16-10)18-3)17-7-9(2)15-8-17;11-8-3-1-7(2-4-8)9(12)10(14-13)5-6-10;;/h3-8,11-12,18H,9-10H2,1-2H3,(H,25,26);5-8,14H,4H2,1-3H3;1-4,9H,5-6,12-13H2;2*1H. The molecule has 2 aliphatic carbocycles. The fourth-order valence-corrected chi connectivity index (χ4v) is 7.11. The third kappa shape index (κ3) is 11.3. The van der Waals surface area contributed by atoms with Gasteiger partial charge in [-0.3, -0.25) is 20.1 Å². The third-order valence-electron chi connectivity index (χ3n) is 10.6. The molecule has 4 aromatic heterocycles. The molecule has 16 nitrogen and oxygen atoms in total. The number of imidazole rings is 2. The molecule has 6 aromatic rings. The zero-order chi connectivity index (χ0) is 44.0. The van der Waals surface area contributed by atoms with E-state index in [4.69, 9.17) is 69.1 Å². The number of pyridine rings is 2. The molecule has 0 saturated heterocycles. The van der Waals surface area contributed by atoms with E-state index in [0.29, 0.717) is 45.6 Å². The van der Waals surface area contributed by atoms with Crippen LogP contribution in [0.15, 0.2) is 103 Å². The maximum Gasteiger partial charge on any atom is 0.238 e. The Bertz CT molecular complexity index is 2530. The molecule has 2 saturated carbocycles. The van der Waals surface area contributed by atoms with E-state index in [1.54, 1.807) is 32.9 Å². The molecule has 2 unspecified atom stereocenters. The second-order valence-corrected chi connectivity index (χ2v) is 15.8. The maximum atomic E-state index is 7.72. The van der Waals surface area contributed by atoms with Gasteiger partial charge in [0.15, 0.2) is 5.84 Å². The lowest BCUT2D eigenvalue weighted by Gasteiger charge is -2.30. The highest BCUT2D eigenvalue weighted by atomic mass is 35.5. The van der Waals surface area contributed by atoms with Crippen molar-refractivity contribution in [2.75, 3.05) is 20.8 Å². The predicted molar refractivity (Wildman–Crippen MR) is 251 cm³/mol. The number of aryl methyl sites for hydroxylation is 2. The van der Waals surface area contributed by atoms with Crippen LogP contribution in [0.4, 0.5) is 0 Å². The van der Waals surface area contributed by atoms with E-state index < -0.39 is 0 Å². The number of ether oxygens (including phenoxy) is 3. The molecule has 0 radical (unpaired) electrons. The molecular formula is C44H51Cl4N11O5. The first kappa shape index (κ1) is 49.7. The minimum Gasteiger partial charge on any atom is -0.479 e. The third-order valence-corrected chi connectivity index (χ3v) is 11.1. The monoisotopic (exact) mass is 953 g/mol. The summed E-state index contributed by atoms with van der Waals surface area (Å²) in [4.78, 5) is 33.3. The number of methoxy groups -OCH3 is 2. The van der Waals surface area contributed by atoms with Gasteiger partial charge in [-0.2, -0.15) is 0 Å².